The first-order valence-electron chi connectivity index (χ1n) is 12.7. The van der Waals surface area contributed by atoms with Crippen LogP contribution in [0.15, 0.2) is 97.1 Å². The molecule has 200 valence electrons. The molecule has 0 bridgehead atoms. The third kappa shape index (κ3) is 7.61. The number of aryl methyl sites for hydroxylation is 2. The summed E-state index contributed by atoms with van der Waals surface area (Å²) in [6.07, 6.45) is -1.31. The van der Waals surface area contributed by atoms with Crippen molar-refractivity contribution in [2.75, 3.05) is 10.6 Å². The molecule has 7 nitrogen and oxygen atoms in total. The van der Waals surface area contributed by atoms with Gasteiger partial charge in [0.25, 0.3) is 11.8 Å². The van der Waals surface area contributed by atoms with Gasteiger partial charge in [-0.25, -0.2) is 0 Å². The van der Waals surface area contributed by atoms with E-state index in [9.17, 15) is 9.59 Å². The Kier molecular flexibility index (Phi) is 8.84. The molecule has 7 heteroatoms. The number of nitrogens with one attached hydrogen (secondary N) is 2. The Morgan fingerprint density at radius 3 is 1.28 bits per heavy atom. The number of benzene rings is 4. The van der Waals surface area contributed by atoms with Crippen LogP contribution in [0.25, 0.3) is 0 Å². The molecule has 4 rings (SSSR count). The van der Waals surface area contributed by atoms with Crippen molar-refractivity contribution in [3.05, 3.63) is 108 Å². The van der Waals surface area contributed by atoms with Gasteiger partial charge in [0, 0.05) is 11.4 Å². The maximum absolute atomic E-state index is 12.6. The Bertz CT molecular complexity index is 1310. The number of carbonyl (C=O) groups is 2. The predicted octanol–water partition coefficient (Wildman–Crippen LogP) is 6.91. The second kappa shape index (κ2) is 12.6. The van der Waals surface area contributed by atoms with E-state index in [0.717, 1.165) is 11.1 Å². The summed E-state index contributed by atoms with van der Waals surface area (Å²) in [6, 6.07) is 29.3. The van der Waals surface area contributed by atoms with Gasteiger partial charge in [-0.05, 0) is 99.5 Å². The molecule has 0 radical (unpaired) electrons. The highest BCUT2D eigenvalue weighted by molar-refractivity contribution is 5.94. The van der Waals surface area contributed by atoms with Gasteiger partial charge in [0.1, 0.15) is 23.0 Å². The summed E-state index contributed by atoms with van der Waals surface area (Å²) in [5, 5.41) is 5.71. The van der Waals surface area contributed by atoms with Crippen LogP contribution in [0.1, 0.15) is 25.0 Å². The normalized spacial score (nSPS) is 12.1. The Morgan fingerprint density at radius 1 is 0.564 bits per heavy atom. The van der Waals surface area contributed by atoms with Crippen molar-refractivity contribution in [1.82, 2.24) is 0 Å². The van der Waals surface area contributed by atoms with Crippen molar-refractivity contribution in [3.63, 3.8) is 0 Å². The minimum absolute atomic E-state index is 0.247. The zero-order chi connectivity index (χ0) is 27.8. The molecule has 4 aromatic carbocycles. The van der Waals surface area contributed by atoms with Crippen molar-refractivity contribution in [2.24, 2.45) is 0 Å². The van der Waals surface area contributed by atoms with Gasteiger partial charge in [0.2, 0.25) is 0 Å². The van der Waals surface area contributed by atoms with Crippen LogP contribution >= 0.6 is 0 Å². The summed E-state index contributed by atoms with van der Waals surface area (Å²) >= 11 is 0. The van der Waals surface area contributed by atoms with Crippen LogP contribution in [0, 0.1) is 13.8 Å². The van der Waals surface area contributed by atoms with Gasteiger partial charge >= 0.3 is 0 Å². The van der Waals surface area contributed by atoms with Crippen LogP contribution in [0.5, 0.6) is 23.0 Å². The summed E-state index contributed by atoms with van der Waals surface area (Å²) in [5.41, 5.74) is 3.20. The largest absolute Gasteiger partial charge is 0.481 e. The topological polar surface area (TPSA) is 85.9 Å². The number of anilines is 2. The fraction of sp³-hybridized carbons (Fsp3) is 0.188. The molecule has 2 atom stereocenters. The van der Waals surface area contributed by atoms with Gasteiger partial charge in [-0.2, -0.15) is 0 Å². The molecule has 2 amide bonds. The lowest BCUT2D eigenvalue weighted by Crippen LogP contribution is -2.30. The summed E-state index contributed by atoms with van der Waals surface area (Å²) < 4.78 is 17.5. The Balaban J connectivity index is 1.27. The zero-order valence-electron chi connectivity index (χ0n) is 22.4. The number of para-hydroxylation sites is 2. The molecule has 4 aromatic rings. The van der Waals surface area contributed by atoms with E-state index in [1.54, 1.807) is 62.4 Å². The maximum atomic E-state index is 12.6. The minimum Gasteiger partial charge on any atom is -0.481 e. The van der Waals surface area contributed by atoms with E-state index in [0.29, 0.717) is 34.4 Å². The SMILES string of the molecule is Cc1ccccc1OC(C)C(=O)Nc1ccc(Oc2ccc(NC(=O)C(C)Oc3ccccc3C)cc2)cc1. The quantitative estimate of drug-likeness (QED) is 0.235. The second-order valence-corrected chi connectivity index (χ2v) is 9.18. The number of ether oxygens (including phenoxy) is 3. The molecule has 2 unspecified atom stereocenters. The smallest absolute Gasteiger partial charge is 0.265 e. The highest BCUT2D eigenvalue weighted by atomic mass is 16.5. The van der Waals surface area contributed by atoms with E-state index in [-0.39, 0.29) is 11.8 Å². The van der Waals surface area contributed by atoms with Gasteiger partial charge in [-0.3, -0.25) is 9.59 Å². The first kappa shape index (κ1) is 27.3. The third-order valence-corrected chi connectivity index (χ3v) is 6.01. The summed E-state index contributed by atoms with van der Waals surface area (Å²) in [4.78, 5) is 25.1. The number of rotatable bonds is 10. The minimum atomic E-state index is -0.655. The Hall–Kier alpha value is -4.78. The first-order chi connectivity index (χ1) is 18.8. The van der Waals surface area contributed by atoms with E-state index in [2.05, 4.69) is 10.6 Å². The molecule has 0 fully saturated rings. The van der Waals surface area contributed by atoms with Gasteiger partial charge in [-0.1, -0.05) is 36.4 Å². The van der Waals surface area contributed by atoms with E-state index >= 15 is 0 Å². The lowest BCUT2D eigenvalue weighted by atomic mass is 10.2. The summed E-state index contributed by atoms with van der Waals surface area (Å²) in [6.45, 7) is 7.30. The fourth-order valence-electron chi connectivity index (χ4n) is 3.70. The lowest BCUT2D eigenvalue weighted by molar-refractivity contribution is -0.122. The van der Waals surface area contributed by atoms with Crippen LogP contribution in [0.2, 0.25) is 0 Å². The van der Waals surface area contributed by atoms with Crippen LogP contribution in [0.3, 0.4) is 0 Å². The molecule has 0 aliphatic rings. The molecule has 0 saturated heterocycles. The van der Waals surface area contributed by atoms with Gasteiger partial charge in [0.05, 0.1) is 0 Å². The zero-order valence-corrected chi connectivity index (χ0v) is 22.4. The van der Waals surface area contributed by atoms with Crippen molar-refractivity contribution >= 4 is 23.2 Å². The predicted molar refractivity (Wildman–Crippen MR) is 153 cm³/mol. The average molecular weight is 525 g/mol. The van der Waals surface area contributed by atoms with Gasteiger partial charge < -0.3 is 24.8 Å². The molecule has 0 aliphatic carbocycles. The molecular weight excluding hydrogens is 492 g/mol. The van der Waals surface area contributed by atoms with Gasteiger partial charge in [0.15, 0.2) is 12.2 Å². The van der Waals surface area contributed by atoms with Crippen LogP contribution < -0.4 is 24.8 Å². The average Bonchev–Trinajstić information content (AvgIpc) is 2.93. The molecule has 2 N–H and O–H groups in total. The standard InChI is InChI=1S/C32H32N2O5/c1-21-9-5-7-11-29(21)37-23(3)31(35)33-25-13-17-27(18-14-25)39-28-19-15-26(16-20-28)34-32(36)24(4)38-30-12-8-6-10-22(30)2/h5-20,23-24H,1-4H3,(H,33,35)(H,34,36). The lowest BCUT2D eigenvalue weighted by Gasteiger charge is -2.16. The second-order valence-electron chi connectivity index (χ2n) is 9.18. The monoisotopic (exact) mass is 524 g/mol. The molecule has 0 heterocycles. The third-order valence-electron chi connectivity index (χ3n) is 6.01. The highest BCUT2D eigenvalue weighted by Crippen LogP contribution is 2.25. The first-order valence-corrected chi connectivity index (χ1v) is 12.7. The molecule has 39 heavy (non-hydrogen) atoms. The van der Waals surface area contributed by atoms with Crippen molar-refractivity contribution in [1.29, 1.82) is 0 Å². The van der Waals surface area contributed by atoms with E-state index in [1.165, 1.54) is 0 Å². The molecule has 0 aliphatic heterocycles. The summed E-state index contributed by atoms with van der Waals surface area (Å²) in [5.74, 6) is 2.08. The highest BCUT2D eigenvalue weighted by Gasteiger charge is 2.17. The molecule has 0 saturated carbocycles. The molecule has 0 spiro atoms. The molecular formula is C32H32N2O5. The van der Waals surface area contributed by atoms with E-state index in [4.69, 9.17) is 14.2 Å². The number of hydrogen-bond donors (Lipinski definition) is 2. The maximum Gasteiger partial charge on any atom is 0.265 e. The number of amides is 2. The van der Waals surface area contributed by atoms with E-state index < -0.39 is 12.2 Å². The van der Waals surface area contributed by atoms with E-state index in [1.807, 2.05) is 62.4 Å². The van der Waals surface area contributed by atoms with Crippen molar-refractivity contribution in [2.45, 2.75) is 39.9 Å². The van der Waals surface area contributed by atoms with Crippen molar-refractivity contribution < 1.29 is 23.8 Å². The number of carbonyl (C=O) groups excluding carboxylic acids is 2. The van der Waals surface area contributed by atoms with Crippen LogP contribution in [-0.2, 0) is 9.59 Å². The Morgan fingerprint density at radius 2 is 0.923 bits per heavy atom. The Labute approximate surface area is 228 Å². The van der Waals surface area contributed by atoms with Crippen LogP contribution in [0.4, 0.5) is 11.4 Å². The summed E-state index contributed by atoms with van der Waals surface area (Å²) in [7, 11) is 0. The van der Waals surface area contributed by atoms with Gasteiger partial charge in [-0.15, -0.1) is 0 Å². The van der Waals surface area contributed by atoms with Crippen LogP contribution in [-0.4, -0.2) is 24.0 Å². The number of hydrogen-bond acceptors (Lipinski definition) is 5. The fourth-order valence-corrected chi connectivity index (χ4v) is 3.70. The van der Waals surface area contributed by atoms with Crippen molar-refractivity contribution in [3.8, 4) is 23.0 Å². The molecule has 0 aromatic heterocycles.